The molecular weight excluding hydrogens is 310 g/mol. The Hall–Kier alpha value is -1.07. The van der Waals surface area contributed by atoms with E-state index in [0.717, 1.165) is 16.6 Å². The molecule has 0 bridgehead atoms. The third-order valence-electron chi connectivity index (χ3n) is 3.03. The number of carbonyl (C=O) groups is 1. The maximum Gasteiger partial charge on any atom is 0.225 e. The van der Waals surface area contributed by atoms with Crippen molar-refractivity contribution in [3.8, 4) is 5.75 Å². The van der Waals surface area contributed by atoms with Crippen molar-refractivity contribution in [3.63, 3.8) is 0 Å². The highest BCUT2D eigenvalue weighted by Gasteiger charge is 2.23. The topological polar surface area (TPSA) is 47.6 Å². The molecule has 1 N–H and O–H groups in total. The van der Waals surface area contributed by atoms with Gasteiger partial charge in [-0.05, 0) is 41.4 Å². The second kappa shape index (κ2) is 6.91. The van der Waals surface area contributed by atoms with E-state index >= 15 is 0 Å². The van der Waals surface area contributed by atoms with Crippen molar-refractivity contribution in [3.05, 3.63) is 28.7 Å². The first kappa shape index (κ1) is 14.3. The van der Waals surface area contributed by atoms with Crippen molar-refractivity contribution in [2.24, 2.45) is 5.92 Å². The zero-order valence-corrected chi connectivity index (χ0v) is 12.5. The summed E-state index contributed by atoms with van der Waals surface area (Å²) in [5.41, 5.74) is 0. The second-order valence-electron chi connectivity index (χ2n) is 4.66. The first-order chi connectivity index (χ1) is 9.16. The minimum atomic E-state index is -0.0787. The molecule has 1 aliphatic heterocycles. The quantitative estimate of drug-likeness (QED) is 0.903. The van der Waals surface area contributed by atoms with Crippen molar-refractivity contribution in [1.29, 1.82) is 0 Å². The van der Waals surface area contributed by atoms with E-state index in [9.17, 15) is 4.79 Å². The highest BCUT2D eigenvalue weighted by atomic mass is 79.9. The van der Waals surface area contributed by atoms with Gasteiger partial charge in [0.05, 0.1) is 23.5 Å². The molecule has 2 unspecified atom stereocenters. The van der Waals surface area contributed by atoms with Crippen LogP contribution in [0.4, 0.5) is 0 Å². The highest BCUT2D eigenvalue weighted by Crippen LogP contribution is 2.24. The van der Waals surface area contributed by atoms with E-state index in [1.165, 1.54) is 0 Å². The third kappa shape index (κ3) is 4.21. The lowest BCUT2D eigenvalue weighted by molar-refractivity contribution is -0.125. The molecule has 5 heteroatoms. The van der Waals surface area contributed by atoms with Gasteiger partial charge in [-0.25, -0.2) is 0 Å². The van der Waals surface area contributed by atoms with Crippen LogP contribution in [-0.4, -0.2) is 31.8 Å². The predicted molar refractivity (Wildman–Crippen MR) is 76.2 cm³/mol. The average Bonchev–Trinajstić information content (AvgIpc) is 2.93. The first-order valence-electron chi connectivity index (χ1n) is 6.43. The van der Waals surface area contributed by atoms with Crippen LogP contribution in [-0.2, 0) is 9.53 Å². The van der Waals surface area contributed by atoms with E-state index in [4.69, 9.17) is 9.47 Å². The van der Waals surface area contributed by atoms with Crippen molar-refractivity contribution < 1.29 is 14.3 Å². The number of ether oxygens (including phenoxy) is 2. The third-order valence-corrected chi connectivity index (χ3v) is 3.68. The molecule has 4 nitrogen and oxygen atoms in total. The number of rotatable bonds is 5. The molecule has 19 heavy (non-hydrogen) atoms. The van der Waals surface area contributed by atoms with Gasteiger partial charge < -0.3 is 14.8 Å². The molecule has 0 spiro atoms. The number of nitrogens with one attached hydrogen (secondary N) is 1. The van der Waals surface area contributed by atoms with Crippen LogP contribution in [0.2, 0.25) is 0 Å². The Morgan fingerprint density at radius 2 is 2.37 bits per heavy atom. The van der Waals surface area contributed by atoms with Crippen LogP contribution in [0.5, 0.6) is 5.75 Å². The number of para-hydroxylation sites is 1. The fourth-order valence-corrected chi connectivity index (χ4v) is 2.31. The van der Waals surface area contributed by atoms with E-state index in [0.29, 0.717) is 19.8 Å². The zero-order valence-electron chi connectivity index (χ0n) is 10.9. The van der Waals surface area contributed by atoms with E-state index in [1.807, 2.05) is 31.2 Å². The van der Waals surface area contributed by atoms with Crippen LogP contribution in [0.15, 0.2) is 28.7 Å². The Bertz CT molecular complexity index is 432. The van der Waals surface area contributed by atoms with Crippen molar-refractivity contribution in [2.45, 2.75) is 19.4 Å². The van der Waals surface area contributed by atoms with Crippen LogP contribution in [0, 0.1) is 5.92 Å². The summed E-state index contributed by atoms with van der Waals surface area (Å²) in [7, 11) is 0. The molecule has 1 heterocycles. The minimum Gasteiger partial charge on any atom is -0.488 e. The summed E-state index contributed by atoms with van der Waals surface area (Å²) in [6.07, 6.45) is 0.732. The fraction of sp³-hybridized carbons (Fsp3) is 0.500. The van der Waals surface area contributed by atoms with Gasteiger partial charge in [0, 0.05) is 6.61 Å². The Labute approximate surface area is 121 Å². The van der Waals surface area contributed by atoms with Crippen LogP contribution in [0.25, 0.3) is 0 Å². The van der Waals surface area contributed by atoms with Gasteiger partial charge in [-0.2, -0.15) is 0 Å². The molecule has 1 amide bonds. The molecule has 0 aliphatic carbocycles. The van der Waals surface area contributed by atoms with Crippen LogP contribution in [0.3, 0.4) is 0 Å². The maximum atomic E-state index is 11.8. The molecule has 0 aromatic heterocycles. The standard InChI is InChI=1S/C14H18BrNO3/c1-10(19-13-5-3-2-4-12(13)15)8-16-14(17)11-6-7-18-9-11/h2-5,10-11H,6-9H2,1H3,(H,16,17). The smallest absolute Gasteiger partial charge is 0.225 e. The second-order valence-corrected chi connectivity index (χ2v) is 5.52. The molecule has 0 saturated carbocycles. The van der Waals surface area contributed by atoms with Gasteiger partial charge in [-0.15, -0.1) is 0 Å². The van der Waals surface area contributed by atoms with Gasteiger partial charge in [0.1, 0.15) is 11.9 Å². The molecule has 1 saturated heterocycles. The van der Waals surface area contributed by atoms with Gasteiger partial charge in [0.25, 0.3) is 0 Å². The summed E-state index contributed by atoms with van der Waals surface area (Å²) in [6.45, 7) is 3.65. The Morgan fingerprint density at radius 1 is 1.58 bits per heavy atom. The SMILES string of the molecule is CC(CNC(=O)C1CCOC1)Oc1ccccc1Br. The molecule has 1 fully saturated rings. The monoisotopic (exact) mass is 327 g/mol. The van der Waals surface area contributed by atoms with E-state index in [-0.39, 0.29) is 17.9 Å². The first-order valence-corrected chi connectivity index (χ1v) is 7.22. The summed E-state index contributed by atoms with van der Waals surface area (Å²) in [4.78, 5) is 11.8. The number of amides is 1. The summed E-state index contributed by atoms with van der Waals surface area (Å²) < 4.78 is 11.9. The zero-order chi connectivity index (χ0) is 13.7. The van der Waals surface area contributed by atoms with Gasteiger partial charge in [0.15, 0.2) is 0 Å². The van der Waals surface area contributed by atoms with Crippen molar-refractivity contribution in [2.75, 3.05) is 19.8 Å². The minimum absolute atomic E-state index is 0.00402. The normalized spacial score (nSPS) is 20.0. The lowest BCUT2D eigenvalue weighted by Crippen LogP contribution is -2.37. The number of halogens is 1. The average molecular weight is 328 g/mol. The van der Waals surface area contributed by atoms with Gasteiger partial charge in [-0.1, -0.05) is 12.1 Å². The lowest BCUT2D eigenvalue weighted by atomic mass is 10.1. The fourth-order valence-electron chi connectivity index (χ4n) is 1.93. The summed E-state index contributed by atoms with van der Waals surface area (Å²) in [5.74, 6) is 0.837. The molecule has 1 aliphatic rings. The molecular formula is C14H18BrNO3. The van der Waals surface area contributed by atoms with Crippen molar-refractivity contribution in [1.82, 2.24) is 5.32 Å². The Kier molecular flexibility index (Phi) is 5.22. The maximum absolute atomic E-state index is 11.8. The van der Waals surface area contributed by atoms with Crippen LogP contribution >= 0.6 is 15.9 Å². The van der Waals surface area contributed by atoms with Gasteiger partial charge in [0.2, 0.25) is 5.91 Å². The molecule has 0 radical (unpaired) electrons. The largest absolute Gasteiger partial charge is 0.488 e. The van der Waals surface area contributed by atoms with Gasteiger partial charge in [-0.3, -0.25) is 4.79 Å². The van der Waals surface area contributed by atoms with Crippen LogP contribution in [0.1, 0.15) is 13.3 Å². The number of hydrogen-bond acceptors (Lipinski definition) is 3. The Balaban J connectivity index is 1.76. The number of benzene rings is 1. The Morgan fingerprint density at radius 3 is 3.05 bits per heavy atom. The number of carbonyl (C=O) groups excluding carboxylic acids is 1. The highest BCUT2D eigenvalue weighted by molar-refractivity contribution is 9.10. The lowest BCUT2D eigenvalue weighted by Gasteiger charge is -2.17. The summed E-state index contributed by atoms with van der Waals surface area (Å²) >= 11 is 3.43. The summed E-state index contributed by atoms with van der Waals surface area (Å²) in [5, 5.41) is 2.90. The van der Waals surface area contributed by atoms with Crippen molar-refractivity contribution >= 4 is 21.8 Å². The number of hydrogen-bond donors (Lipinski definition) is 1. The van der Waals surface area contributed by atoms with E-state index in [2.05, 4.69) is 21.2 Å². The van der Waals surface area contributed by atoms with Crippen LogP contribution < -0.4 is 10.1 Å². The van der Waals surface area contributed by atoms with E-state index < -0.39 is 0 Å². The molecule has 104 valence electrons. The molecule has 1 aromatic carbocycles. The molecule has 2 rings (SSSR count). The molecule has 2 atom stereocenters. The predicted octanol–water partition coefficient (Wildman–Crippen LogP) is 2.37. The van der Waals surface area contributed by atoms with Gasteiger partial charge >= 0.3 is 0 Å². The molecule has 1 aromatic rings. The summed E-state index contributed by atoms with van der Waals surface area (Å²) in [6, 6.07) is 7.68. The van der Waals surface area contributed by atoms with E-state index in [1.54, 1.807) is 0 Å².